The molecule has 0 bridgehead atoms. The summed E-state index contributed by atoms with van der Waals surface area (Å²) in [5.41, 5.74) is 0. The second kappa shape index (κ2) is 288. The molecule has 0 radical (unpaired) electrons. The lowest BCUT2D eigenvalue weighted by molar-refractivity contribution is 1.26. The van der Waals surface area contributed by atoms with Gasteiger partial charge in [0.1, 0.15) is 0 Å². The minimum Gasteiger partial charge on any atom is -0.274 e. The predicted molar refractivity (Wildman–Crippen MR) is 56.0 cm³/mol. The molecule has 0 fully saturated rings. The highest BCUT2D eigenvalue weighted by molar-refractivity contribution is 14.0. The van der Waals surface area contributed by atoms with Crippen molar-refractivity contribution in [3.63, 3.8) is 0 Å². The van der Waals surface area contributed by atoms with Crippen molar-refractivity contribution in [3.8, 4) is 0 Å². The summed E-state index contributed by atoms with van der Waals surface area (Å²) in [6, 6.07) is 0. The molecule has 0 saturated heterocycles. The molecule has 0 aromatic heterocycles. The van der Waals surface area contributed by atoms with Crippen molar-refractivity contribution < 1.29 is 0 Å². The Balaban J connectivity index is -0.00000000500. The van der Waals surface area contributed by atoms with Crippen LogP contribution in [0.5, 0.6) is 0 Å². The topological polar surface area (TPSA) is 156 Å². The lowest BCUT2D eigenvalue weighted by Gasteiger charge is -1.27. The molecule has 0 aliphatic rings. The standard InChI is InChI=1S/2HI.3H4N2/c;;3*1-2/h2*1H;3*1-2H2. The zero-order valence-corrected chi connectivity index (χ0v) is 8.94. The molecule has 8 heavy (non-hydrogen) atoms. The van der Waals surface area contributed by atoms with Crippen molar-refractivity contribution in [1.29, 1.82) is 0 Å². The Morgan fingerprint density at radius 1 is 0.375 bits per heavy atom. The van der Waals surface area contributed by atoms with Gasteiger partial charge in [-0.15, -0.1) is 48.0 Å². The highest BCUT2D eigenvalue weighted by Crippen LogP contribution is 0.887. The number of nitrogens with two attached hydrogens (primary N) is 6. The Hall–Kier alpha value is 1.22. The Kier molecular flexibility index (Phi) is 1260. The maximum atomic E-state index is 4.00. The Morgan fingerprint density at radius 3 is 0.375 bits per heavy atom. The van der Waals surface area contributed by atoms with Crippen LogP contribution in [0.25, 0.3) is 0 Å². The molecular weight excluding hydrogens is 338 g/mol. The van der Waals surface area contributed by atoms with Crippen LogP contribution in [0, 0.1) is 0 Å². The summed E-state index contributed by atoms with van der Waals surface area (Å²) >= 11 is 0. The van der Waals surface area contributed by atoms with Gasteiger partial charge in [-0.2, -0.15) is 0 Å². The van der Waals surface area contributed by atoms with Crippen LogP contribution in [0.2, 0.25) is 0 Å². The van der Waals surface area contributed by atoms with Crippen LogP contribution in [-0.4, -0.2) is 0 Å². The first-order valence-corrected chi connectivity index (χ1v) is 1.00. The monoisotopic (exact) mass is 352 g/mol. The first-order valence-electron chi connectivity index (χ1n) is 1.00. The van der Waals surface area contributed by atoms with E-state index < -0.39 is 0 Å². The molecule has 12 N–H and O–H groups in total. The fraction of sp³-hybridized carbons (Fsp3) is 0. The van der Waals surface area contributed by atoms with Crippen molar-refractivity contribution in [3.05, 3.63) is 0 Å². The van der Waals surface area contributed by atoms with Crippen molar-refractivity contribution >= 4 is 48.0 Å². The molecule has 0 rings (SSSR count). The van der Waals surface area contributed by atoms with Gasteiger partial charge in [-0.1, -0.05) is 0 Å². The van der Waals surface area contributed by atoms with Crippen molar-refractivity contribution in [2.45, 2.75) is 0 Å². The fourth-order valence-electron chi connectivity index (χ4n) is 0. The molecule has 58 valence electrons. The number of hydrogen-bond donors (Lipinski definition) is 6. The third kappa shape index (κ3) is 188. The molecule has 0 heterocycles. The van der Waals surface area contributed by atoms with Crippen LogP contribution >= 0.6 is 48.0 Å². The van der Waals surface area contributed by atoms with Crippen LogP contribution < -0.4 is 35.1 Å². The van der Waals surface area contributed by atoms with E-state index in [0.29, 0.717) is 0 Å². The average molecular weight is 352 g/mol. The van der Waals surface area contributed by atoms with E-state index in [1.807, 2.05) is 0 Å². The summed E-state index contributed by atoms with van der Waals surface area (Å²) in [4.78, 5) is 0. The van der Waals surface area contributed by atoms with E-state index in [1.165, 1.54) is 0 Å². The van der Waals surface area contributed by atoms with Crippen molar-refractivity contribution in [2.24, 2.45) is 35.1 Å². The van der Waals surface area contributed by atoms with E-state index in [-0.39, 0.29) is 48.0 Å². The highest BCUT2D eigenvalue weighted by Gasteiger charge is 0.730. The van der Waals surface area contributed by atoms with E-state index >= 15 is 0 Å². The van der Waals surface area contributed by atoms with Gasteiger partial charge in [-0.05, 0) is 0 Å². The molecule has 0 spiro atoms. The van der Waals surface area contributed by atoms with E-state index in [9.17, 15) is 0 Å². The molecule has 6 nitrogen and oxygen atoms in total. The smallest absolute Gasteiger partial charge is 0.107 e. The largest absolute Gasteiger partial charge is 0.274 e. The van der Waals surface area contributed by atoms with E-state index in [4.69, 9.17) is 0 Å². The molecule has 0 aromatic carbocycles. The SMILES string of the molecule is I.I.NN.NN.NN. The van der Waals surface area contributed by atoms with Gasteiger partial charge >= 0.3 is 0 Å². The summed E-state index contributed by atoms with van der Waals surface area (Å²) in [6.07, 6.45) is 0. The first-order chi connectivity index (χ1) is 3.00. The summed E-state index contributed by atoms with van der Waals surface area (Å²) in [7, 11) is 0. The van der Waals surface area contributed by atoms with E-state index in [2.05, 4.69) is 35.1 Å². The second-order valence-electron chi connectivity index (χ2n) is 0. The molecule has 0 aliphatic carbocycles. The number of halogens is 2. The van der Waals surface area contributed by atoms with Crippen LogP contribution in [-0.2, 0) is 0 Å². The van der Waals surface area contributed by atoms with Crippen LogP contribution in [0.15, 0.2) is 0 Å². The van der Waals surface area contributed by atoms with Gasteiger partial charge in [0, 0.05) is 0 Å². The van der Waals surface area contributed by atoms with Gasteiger partial charge in [0.2, 0.25) is 0 Å². The van der Waals surface area contributed by atoms with Gasteiger partial charge in [0.25, 0.3) is 0 Å². The van der Waals surface area contributed by atoms with Gasteiger partial charge < -0.3 is 0 Å². The zero-order valence-electron chi connectivity index (χ0n) is 4.28. The van der Waals surface area contributed by atoms with Crippen LogP contribution in [0.3, 0.4) is 0 Å². The summed E-state index contributed by atoms with van der Waals surface area (Å²) in [6.45, 7) is 0. The Morgan fingerprint density at radius 2 is 0.375 bits per heavy atom. The summed E-state index contributed by atoms with van der Waals surface area (Å²) in [5.74, 6) is 24.0. The Labute approximate surface area is 82.6 Å². The number of hydrazine groups is 3. The van der Waals surface area contributed by atoms with E-state index in [0.717, 1.165) is 0 Å². The van der Waals surface area contributed by atoms with Crippen LogP contribution in [0.4, 0.5) is 0 Å². The predicted octanol–water partition coefficient (Wildman–Crippen LogP) is -2.31. The molecule has 0 aromatic rings. The Bertz CT molecular complexity index is 6.49. The quantitative estimate of drug-likeness (QED) is 0.163. The van der Waals surface area contributed by atoms with Gasteiger partial charge in [-0.3, -0.25) is 35.1 Å². The maximum Gasteiger partial charge on any atom is -0.107 e. The third-order valence-electron chi connectivity index (χ3n) is 0. The minimum absolute atomic E-state index is 0. The minimum atomic E-state index is 0. The average Bonchev–Trinajstić information content (AvgIpc) is 1.81. The fourth-order valence-corrected chi connectivity index (χ4v) is 0. The van der Waals surface area contributed by atoms with Gasteiger partial charge in [-0.25, -0.2) is 0 Å². The zero-order chi connectivity index (χ0) is 6.00. The highest BCUT2D eigenvalue weighted by atomic mass is 127. The maximum absolute atomic E-state index is 4.00. The summed E-state index contributed by atoms with van der Waals surface area (Å²) < 4.78 is 0. The van der Waals surface area contributed by atoms with E-state index in [1.54, 1.807) is 0 Å². The molecule has 0 saturated carbocycles. The molecule has 0 unspecified atom stereocenters. The normalized spacial score (nSPS) is 2.25. The summed E-state index contributed by atoms with van der Waals surface area (Å²) in [5, 5.41) is 0. The molecular formula is H14I2N6. The molecule has 0 atom stereocenters. The number of rotatable bonds is 0. The molecule has 0 amide bonds. The lowest BCUT2D eigenvalue weighted by atomic mass is 13.0. The van der Waals surface area contributed by atoms with Crippen molar-refractivity contribution in [2.75, 3.05) is 0 Å². The molecule has 0 aliphatic heterocycles. The van der Waals surface area contributed by atoms with Gasteiger partial charge in [0.15, 0.2) is 0 Å². The van der Waals surface area contributed by atoms with Gasteiger partial charge in [0.05, 0.1) is 0 Å². The third-order valence-corrected chi connectivity index (χ3v) is 0. The lowest BCUT2D eigenvalue weighted by Crippen LogP contribution is -2.02. The second-order valence-corrected chi connectivity index (χ2v) is 0. The first kappa shape index (κ1) is 35.0. The molecule has 8 heteroatoms. The number of hydrogen-bond acceptors (Lipinski definition) is 6. The van der Waals surface area contributed by atoms with Crippen molar-refractivity contribution in [1.82, 2.24) is 0 Å². The van der Waals surface area contributed by atoms with Crippen LogP contribution in [0.1, 0.15) is 0 Å².